The monoisotopic (exact) mass is 415 g/mol. The molecule has 156 valence electrons. The first-order chi connectivity index (χ1) is 13.9. The van der Waals surface area contributed by atoms with Gasteiger partial charge in [-0.05, 0) is 62.8 Å². The summed E-state index contributed by atoms with van der Waals surface area (Å²) in [6, 6.07) is 12.6. The fourth-order valence-electron chi connectivity index (χ4n) is 3.12. The third kappa shape index (κ3) is 6.05. The van der Waals surface area contributed by atoms with E-state index in [1.54, 1.807) is 23.1 Å². The van der Waals surface area contributed by atoms with Gasteiger partial charge in [0.1, 0.15) is 0 Å². The summed E-state index contributed by atoms with van der Waals surface area (Å²) < 4.78 is 0. The van der Waals surface area contributed by atoms with Gasteiger partial charge in [-0.25, -0.2) is 0 Å². The standard InChI is InChI=1S/C23H30ClN3O2/c1-5-26(6-2)16-17-9-11-18(12-10-17)22(28)25-19-13-14-20(21(24)15-19)23(29)27(7-3)8-4/h9-15H,5-8,16H2,1-4H3,(H,25,28). The van der Waals surface area contributed by atoms with Gasteiger partial charge in [0.2, 0.25) is 0 Å². The average Bonchev–Trinajstić information content (AvgIpc) is 2.73. The predicted octanol–water partition coefficient (Wildman–Crippen LogP) is 4.92. The zero-order valence-electron chi connectivity index (χ0n) is 17.7. The Balaban J connectivity index is 2.07. The van der Waals surface area contributed by atoms with Gasteiger partial charge in [-0.2, -0.15) is 0 Å². The fourth-order valence-corrected chi connectivity index (χ4v) is 3.38. The lowest BCUT2D eigenvalue weighted by Crippen LogP contribution is -2.30. The lowest BCUT2D eigenvalue weighted by molar-refractivity contribution is 0.0773. The molecule has 0 fully saturated rings. The molecule has 2 aromatic carbocycles. The van der Waals surface area contributed by atoms with Crippen molar-refractivity contribution >= 4 is 29.1 Å². The Hall–Kier alpha value is -2.37. The second-order valence-electron chi connectivity index (χ2n) is 6.78. The van der Waals surface area contributed by atoms with Crippen LogP contribution in [0.15, 0.2) is 42.5 Å². The van der Waals surface area contributed by atoms with Crippen LogP contribution < -0.4 is 5.32 Å². The minimum absolute atomic E-state index is 0.110. The van der Waals surface area contributed by atoms with Crippen LogP contribution >= 0.6 is 11.6 Å². The minimum Gasteiger partial charge on any atom is -0.339 e. The molecule has 0 unspecified atom stereocenters. The molecular weight excluding hydrogens is 386 g/mol. The highest BCUT2D eigenvalue weighted by molar-refractivity contribution is 6.34. The van der Waals surface area contributed by atoms with Crippen molar-refractivity contribution in [1.29, 1.82) is 0 Å². The highest BCUT2D eigenvalue weighted by Crippen LogP contribution is 2.23. The highest BCUT2D eigenvalue weighted by Gasteiger charge is 2.16. The molecule has 2 rings (SSSR count). The molecule has 5 nitrogen and oxygen atoms in total. The average molecular weight is 416 g/mol. The normalized spacial score (nSPS) is 10.8. The van der Waals surface area contributed by atoms with Crippen LogP contribution in [-0.2, 0) is 6.54 Å². The molecule has 0 saturated carbocycles. The molecule has 0 saturated heterocycles. The summed E-state index contributed by atoms with van der Waals surface area (Å²) in [6.07, 6.45) is 0. The number of rotatable bonds is 9. The van der Waals surface area contributed by atoms with E-state index in [0.717, 1.165) is 19.6 Å². The van der Waals surface area contributed by atoms with Crippen LogP contribution in [0.2, 0.25) is 5.02 Å². The van der Waals surface area contributed by atoms with Crippen molar-refractivity contribution in [1.82, 2.24) is 9.80 Å². The second kappa shape index (κ2) is 11.0. The van der Waals surface area contributed by atoms with E-state index in [9.17, 15) is 9.59 Å². The molecule has 1 N–H and O–H groups in total. The molecule has 29 heavy (non-hydrogen) atoms. The summed E-state index contributed by atoms with van der Waals surface area (Å²) in [7, 11) is 0. The summed E-state index contributed by atoms with van der Waals surface area (Å²) in [5.74, 6) is -0.319. The Morgan fingerprint density at radius 3 is 2.03 bits per heavy atom. The Labute approximate surface area is 178 Å². The molecule has 0 atom stereocenters. The molecule has 2 amide bonds. The number of halogens is 1. The fraction of sp³-hybridized carbons (Fsp3) is 0.391. The van der Waals surface area contributed by atoms with Crippen molar-refractivity contribution in [2.45, 2.75) is 34.2 Å². The number of hydrogen-bond acceptors (Lipinski definition) is 3. The number of amides is 2. The van der Waals surface area contributed by atoms with Crippen molar-refractivity contribution in [3.63, 3.8) is 0 Å². The van der Waals surface area contributed by atoms with E-state index in [1.807, 2.05) is 38.1 Å². The van der Waals surface area contributed by atoms with Gasteiger partial charge in [0.25, 0.3) is 11.8 Å². The van der Waals surface area contributed by atoms with Crippen molar-refractivity contribution < 1.29 is 9.59 Å². The quantitative estimate of drug-likeness (QED) is 0.632. The van der Waals surface area contributed by atoms with Crippen LogP contribution in [-0.4, -0.2) is 47.8 Å². The first-order valence-corrected chi connectivity index (χ1v) is 10.5. The number of nitrogens with zero attached hydrogens (tertiary/aromatic N) is 2. The summed E-state index contributed by atoms with van der Waals surface area (Å²) in [6.45, 7) is 12.2. The topological polar surface area (TPSA) is 52.7 Å². The third-order valence-corrected chi connectivity index (χ3v) is 5.34. The predicted molar refractivity (Wildman–Crippen MR) is 120 cm³/mol. The zero-order chi connectivity index (χ0) is 21.4. The van der Waals surface area contributed by atoms with E-state index in [2.05, 4.69) is 24.1 Å². The number of carbonyl (C=O) groups excluding carboxylic acids is 2. The SMILES string of the molecule is CCN(CC)Cc1ccc(C(=O)Nc2ccc(C(=O)N(CC)CC)c(Cl)c2)cc1. The lowest BCUT2D eigenvalue weighted by Gasteiger charge is -2.19. The van der Waals surface area contributed by atoms with E-state index in [1.165, 1.54) is 5.56 Å². The second-order valence-corrected chi connectivity index (χ2v) is 7.19. The van der Waals surface area contributed by atoms with Crippen molar-refractivity contribution in [2.75, 3.05) is 31.5 Å². The molecule has 0 aliphatic rings. The summed E-state index contributed by atoms with van der Waals surface area (Å²) in [4.78, 5) is 29.1. The van der Waals surface area contributed by atoms with Crippen LogP contribution in [0, 0.1) is 0 Å². The van der Waals surface area contributed by atoms with Crippen LogP contribution in [0.3, 0.4) is 0 Å². The van der Waals surface area contributed by atoms with E-state index < -0.39 is 0 Å². The number of carbonyl (C=O) groups is 2. The van der Waals surface area contributed by atoms with Gasteiger partial charge in [-0.15, -0.1) is 0 Å². The van der Waals surface area contributed by atoms with Gasteiger partial charge in [0, 0.05) is 30.9 Å². The molecule has 0 radical (unpaired) electrons. The van der Waals surface area contributed by atoms with Gasteiger partial charge in [0.15, 0.2) is 0 Å². The first-order valence-electron chi connectivity index (χ1n) is 10.1. The van der Waals surface area contributed by atoms with Crippen molar-refractivity contribution in [3.8, 4) is 0 Å². The van der Waals surface area contributed by atoms with Crippen molar-refractivity contribution in [2.24, 2.45) is 0 Å². The Kier molecular flexibility index (Phi) is 8.68. The van der Waals surface area contributed by atoms with E-state index in [0.29, 0.717) is 34.9 Å². The number of benzene rings is 2. The molecule has 0 aliphatic heterocycles. The number of anilines is 1. The third-order valence-electron chi connectivity index (χ3n) is 5.02. The van der Waals surface area contributed by atoms with E-state index in [-0.39, 0.29) is 11.8 Å². The zero-order valence-corrected chi connectivity index (χ0v) is 18.4. The Morgan fingerprint density at radius 1 is 0.897 bits per heavy atom. The van der Waals surface area contributed by atoms with E-state index in [4.69, 9.17) is 11.6 Å². The molecule has 0 bridgehead atoms. The lowest BCUT2D eigenvalue weighted by atomic mass is 10.1. The van der Waals surface area contributed by atoms with Gasteiger partial charge in [0.05, 0.1) is 10.6 Å². The first kappa shape index (κ1) is 22.9. The summed E-state index contributed by atoms with van der Waals surface area (Å²) in [5, 5.41) is 3.17. The van der Waals surface area contributed by atoms with Gasteiger partial charge >= 0.3 is 0 Å². The largest absolute Gasteiger partial charge is 0.339 e. The molecule has 0 aliphatic carbocycles. The summed E-state index contributed by atoms with van der Waals surface area (Å²) in [5.41, 5.74) is 2.75. The van der Waals surface area contributed by atoms with Gasteiger partial charge in [-0.3, -0.25) is 14.5 Å². The molecule has 0 spiro atoms. The van der Waals surface area contributed by atoms with Gasteiger partial charge in [-0.1, -0.05) is 37.6 Å². The Bertz CT molecular complexity index is 829. The number of hydrogen-bond donors (Lipinski definition) is 1. The van der Waals surface area contributed by atoms with Crippen LogP contribution in [0.25, 0.3) is 0 Å². The number of nitrogens with one attached hydrogen (secondary N) is 1. The highest BCUT2D eigenvalue weighted by atomic mass is 35.5. The maximum Gasteiger partial charge on any atom is 0.255 e. The maximum atomic E-state index is 12.6. The minimum atomic E-state index is -0.210. The van der Waals surface area contributed by atoms with E-state index >= 15 is 0 Å². The molecule has 0 heterocycles. The Morgan fingerprint density at radius 2 is 1.52 bits per heavy atom. The van der Waals surface area contributed by atoms with Crippen LogP contribution in [0.4, 0.5) is 5.69 Å². The molecule has 2 aromatic rings. The van der Waals surface area contributed by atoms with Crippen LogP contribution in [0.5, 0.6) is 0 Å². The molecule has 0 aromatic heterocycles. The molecular formula is C23H30ClN3O2. The summed E-state index contributed by atoms with van der Waals surface area (Å²) >= 11 is 6.30. The smallest absolute Gasteiger partial charge is 0.255 e. The van der Waals surface area contributed by atoms with Gasteiger partial charge < -0.3 is 10.2 Å². The van der Waals surface area contributed by atoms with Crippen LogP contribution in [0.1, 0.15) is 54.0 Å². The maximum absolute atomic E-state index is 12.6. The van der Waals surface area contributed by atoms with Crippen molar-refractivity contribution in [3.05, 3.63) is 64.2 Å². The molecule has 6 heteroatoms.